The molecule has 0 heterocycles. The minimum atomic E-state index is -0.210. The van der Waals surface area contributed by atoms with Crippen molar-refractivity contribution in [1.29, 1.82) is 0 Å². The minimum Gasteiger partial charge on any atom is -0.483 e. The number of nitrogens with one attached hydrogen (secondary N) is 1. The lowest BCUT2D eigenvalue weighted by molar-refractivity contribution is -0.118. The summed E-state index contributed by atoms with van der Waals surface area (Å²) in [6.45, 7) is 3.74. The molecule has 0 radical (unpaired) electrons. The molecule has 1 N–H and O–H groups in total. The van der Waals surface area contributed by atoms with Crippen LogP contribution in [-0.4, -0.2) is 12.5 Å². The Morgan fingerprint density at radius 1 is 1.29 bits per heavy atom. The zero-order valence-electron chi connectivity index (χ0n) is 11.7. The van der Waals surface area contributed by atoms with Gasteiger partial charge in [-0.15, -0.1) is 0 Å². The van der Waals surface area contributed by atoms with Gasteiger partial charge in [-0.25, -0.2) is 0 Å². The third-order valence-electron chi connectivity index (χ3n) is 2.98. The molecule has 5 heteroatoms. The highest BCUT2D eigenvalue weighted by Crippen LogP contribution is 2.35. The predicted octanol–water partition coefficient (Wildman–Crippen LogP) is 4.74. The summed E-state index contributed by atoms with van der Waals surface area (Å²) in [5, 5.41) is 3.46. The lowest BCUT2D eigenvalue weighted by Gasteiger charge is -2.13. The highest BCUT2D eigenvalue weighted by Gasteiger charge is 2.12. The summed E-state index contributed by atoms with van der Waals surface area (Å²) in [4.78, 5) is 11.9. The minimum absolute atomic E-state index is 0.0615. The number of hydrogen-bond acceptors (Lipinski definition) is 2. The van der Waals surface area contributed by atoms with Gasteiger partial charge in [-0.2, -0.15) is 0 Å². The monoisotopic (exact) mass is 367 g/mol. The Balaban J connectivity index is 2.02. The Morgan fingerprint density at radius 3 is 2.62 bits per heavy atom. The molecule has 0 aliphatic carbocycles. The molecule has 1 amide bonds. The number of anilines is 1. The Kier molecular flexibility index (Phi) is 5.26. The van der Waals surface area contributed by atoms with E-state index in [2.05, 4.69) is 21.2 Å². The standard InChI is InChI=1S/C16H15BrClNO2/c1-10-8-13(15(17)11(2)16(10)18)21-9-14(20)19-12-6-4-3-5-7-12/h3-8H,9H2,1-2H3,(H,19,20). The number of benzene rings is 2. The van der Waals surface area contributed by atoms with Crippen molar-refractivity contribution in [2.24, 2.45) is 0 Å². The summed E-state index contributed by atoms with van der Waals surface area (Å²) >= 11 is 9.60. The summed E-state index contributed by atoms with van der Waals surface area (Å²) in [7, 11) is 0. The van der Waals surface area contributed by atoms with E-state index < -0.39 is 0 Å². The number of para-hydroxylation sites is 1. The summed E-state index contributed by atoms with van der Waals surface area (Å²) in [5.41, 5.74) is 2.56. The quantitative estimate of drug-likeness (QED) is 0.846. The molecule has 0 fully saturated rings. The summed E-state index contributed by atoms with van der Waals surface area (Å²) in [5.74, 6) is 0.399. The Labute approximate surface area is 137 Å². The second-order valence-electron chi connectivity index (χ2n) is 4.65. The maximum atomic E-state index is 11.9. The van der Waals surface area contributed by atoms with Crippen LogP contribution in [0.2, 0.25) is 5.02 Å². The van der Waals surface area contributed by atoms with Gasteiger partial charge in [0.25, 0.3) is 5.91 Å². The van der Waals surface area contributed by atoms with Crippen molar-refractivity contribution in [2.45, 2.75) is 13.8 Å². The third kappa shape index (κ3) is 3.99. The van der Waals surface area contributed by atoms with E-state index in [1.807, 2.05) is 50.2 Å². The van der Waals surface area contributed by atoms with E-state index >= 15 is 0 Å². The molecule has 2 aromatic carbocycles. The molecular weight excluding hydrogens is 354 g/mol. The van der Waals surface area contributed by atoms with E-state index in [4.69, 9.17) is 16.3 Å². The van der Waals surface area contributed by atoms with Gasteiger partial charge in [0, 0.05) is 10.7 Å². The highest BCUT2D eigenvalue weighted by molar-refractivity contribution is 9.10. The fourth-order valence-electron chi connectivity index (χ4n) is 1.87. The molecule has 2 rings (SSSR count). The number of carbonyl (C=O) groups is 1. The zero-order valence-corrected chi connectivity index (χ0v) is 14.1. The summed E-state index contributed by atoms with van der Waals surface area (Å²) in [6.07, 6.45) is 0. The van der Waals surface area contributed by atoms with Gasteiger partial charge < -0.3 is 10.1 Å². The number of halogens is 2. The molecule has 110 valence electrons. The van der Waals surface area contributed by atoms with Crippen LogP contribution in [-0.2, 0) is 4.79 Å². The third-order valence-corrected chi connectivity index (χ3v) is 4.55. The average Bonchev–Trinajstić information content (AvgIpc) is 2.48. The van der Waals surface area contributed by atoms with Gasteiger partial charge in [0.2, 0.25) is 0 Å². The summed E-state index contributed by atoms with van der Waals surface area (Å²) < 4.78 is 6.34. The molecule has 0 saturated carbocycles. The molecule has 21 heavy (non-hydrogen) atoms. The van der Waals surface area contributed by atoms with Crippen LogP contribution >= 0.6 is 27.5 Å². The molecule has 0 aliphatic rings. The van der Waals surface area contributed by atoms with Crippen LogP contribution in [0, 0.1) is 13.8 Å². The Morgan fingerprint density at radius 2 is 1.95 bits per heavy atom. The van der Waals surface area contributed by atoms with Crippen LogP contribution in [0.1, 0.15) is 11.1 Å². The highest BCUT2D eigenvalue weighted by atomic mass is 79.9. The topological polar surface area (TPSA) is 38.3 Å². The first-order valence-corrected chi connectivity index (χ1v) is 7.59. The van der Waals surface area contributed by atoms with E-state index in [-0.39, 0.29) is 12.5 Å². The lowest BCUT2D eigenvalue weighted by atomic mass is 10.1. The number of rotatable bonds is 4. The maximum absolute atomic E-state index is 11.9. The second kappa shape index (κ2) is 6.96. The molecule has 3 nitrogen and oxygen atoms in total. The van der Waals surface area contributed by atoms with Crippen LogP contribution in [0.5, 0.6) is 5.75 Å². The van der Waals surface area contributed by atoms with Crippen LogP contribution < -0.4 is 10.1 Å². The van der Waals surface area contributed by atoms with Crippen molar-refractivity contribution in [1.82, 2.24) is 0 Å². The maximum Gasteiger partial charge on any atom is 0.262 e. The van der Waals surface area contributed by atoms with Crippen molar-refractivity contribution >= 4 is 39.1 Å². The Hall–Kier alpha value is -1.52. The molecular formula is C16H15BrClNO2. The lowest BCUT2D eigenvalue weighted by Crippen LogP contribution is -2.20. The van der Waals surface area contributed by atoms with Crippen LogP contribution in [0.4, 0.5) is 5.69 Å². The molecule has 0 aromatic heterocycles. The summed E-state index contributed by atoms with van der Waals surface area (Å²) in [6, 6.07) is 11.1. The van der Waals surface area contributed by atoms with Crippen molar-refractivity contribution in [3.63, 3.8) is 0 Å². The van der Waals surface area contributed by atoms with E-state index in [1.165, 1.54) is 0 Å². The van der Waals surface area contributed by atoms with Crippen molar-refractivity contribution in [3.8, 4) is 5.75 Å². The number of carbonyl (C=O) groups excluding carboxylic acids is 1. The van der Waals surface area contributed by atoms with E-state index in [0.717, 1.165) is 21.3 Å². The smallest absolute Gasteiger partial charge is 0.262 e. The fourth-order valence-corrected chi connectivity index (χ4v) is 2.56. The average molecular weight is 369 g/mol. The van der Waals surface area contributed by atoms with E-state index in [1.54, 1.807) is 0 Å². The fraction of sp³-hybridized carbons (Fsp3) is 0.188. The van der Waals surface area contributed by atoms with Gasteiger partial charge in [-0.1, -0.05) is 29.8 Å². The SMILES string of the molecule is Cc1cc(OCC(=O)Nc2ccccc2)c(Br)c(C)c1Cl. The van der Waals surface area contributed by atoms with Gasteiger partial charge in [0.15, 0.2) is 6.61 Å². The molecule has 0 aliphatic heterocycles. The van der Waals surface area contributed by atoms with Crippen LogP contribution in [0.15, 0.2) is 40.9 Å². The van der Waals surface area contributed by atoms with Crippen LogP contribution in [0.25, 0.3) is 0 Å². The van der Waals surface area contributed by atoms with Crippen molar-refractivity contribution < 1.29 is 9.53 Å². The zero-order chi connectivity index (χ0) is 15.4. The van der Waals surface area contributed by atoms with Gasteiger partial charge >= 0.3 is 0 Å². The second-order valence-corrected chi connectivity index (χ2v) is 5.82. The van der Waals surface area contributed by atoms with Crippen molar-refractivity contribution in [2.75, 3.05) is 11.9 Å². The van der Waals surface area contributed by atoms with E-state index in [0.29, 0.717) is 10.8 Å². The van der Waals surface area contributed by atoms with Gasteiger partial charge in [0.1, 0.15) is 5.75 Å². The molecule has 2 aromatic rings. The molecule has 0 spiro atoms. The first-order valence-electron chi connectivity index (χ1n) is 6.42. The molecule has 0 atom stereocenters. The van der Waals surface area contributed by atoms with Crippen molar-refractivity contribution in [3.05, 3.63) is 57.0 Å². The van der Waals surface area contributed by atoms with E-state index in [9.17, 15) is 4.79 Å². The normalized spacial score (nSPS) is 10.3. The number of aryl methyl sites for hydroxylation is 1. The van der Waals surface area contributed by atoms with Gasteiger partial charge in [0.05, 0.1) is 4.47 Å². The Bertz CT molecular complexity index is 659. The largest absolute Gasteiger partial charge is 0.483 e. The number of ether oxygens (including phenoxy) is 1. The molecule has 0 saturated heterocycles. The number of hydrogen-bond donors (Lipinski definition) is 1. The van der Waals surface area contributed by atoms with Crippen LogP contribution in [0.3, 0.4) is 0 Å². The number of amides is 1. The van der Waals surface area contributed by atoms with Gasteiger partial charge in [-0.05, 0) is 59.1 Å². The predicted molar refractivity (Wildman–Crippen MR) is 89.2 cm³/mol. The molecule has 0 unspecified atom stereocenters. The first-order chi connectivity index (χ1) is 9.99. The molecule has 0 bridgehead atoms. The first kappa shape index (κ1) is 15.9. The van der Waals surface area contributed by atoms with Gasteiger partial charge in [-0.3, -0.25) is 4.79 Å².